The Labute approximate surface area is 230 Å². The third-order valence-corrected chi connectivity index (χ3v) is 12.8. The van der Waals surface area contributed by atoms with Crippen LogP contribution in [0.25, 0.3) is 0 Å². The summed E-state index contributed by atoms with van der Waals surface area (Å²) in [6, 6.07) is 0. The lowest BCUT2D eigenvalue weighted by molar-refractivity contribution is 0.443. The smallest absolute Gasteiger partial charge is 0.284 e. The van der Waals surface area contributed by atoms with Crippen molar-refractivity contribution in [2.75, 3.05) is 11.5 Å². The zero-order valence-corrected chi connectivity index (χ0v) is 24.9. The Bertz CT molecular complexity index is 967. The van der Waals surface area contributed by atoms with Crippen molar-refractivity contribution in [3.8, 4) is 0 Å². The van der Waals surface area contributed by atoms with Crippen LogP contribution >= 0.6 is 21.6 Å². The monoisotopic (exact) mass is 672 g/mol. The maximum atomic E-state index is 11.0. The van der Waals surface area contributed by atoms with E-state index in [2.05, 4.69) is 22.9 Å². The fraction of sp³-hybridized carbons (Fsp3) is 0.857. The fourth-order valence-corrected chi connectivity index (χ4v) is 8.93. The third-order valence-electron chi connectivity index (χ3n) is 3.75. The minimum atomic E-state index is -4.90. The van der Waals surface area contributed by atoms with Crippen LogP contribution in [0.5, 0.6) is 0 Å². The molecule has 0 aliphatic rings. The second-order valence-electron chi connectivity index (χ2n) is 7.17. The van der Waals surface area contributed by atoms with Crippen LogP contribution in [0.2, 0.25) is 0 Å². The molecule has 0 atom stereocenters. The molecule has 0 aromatic rings. The Hall–Kier alpha value is -1.12. The van der Waals surface area contributed by atoms with Crippen LogP contribution < -0.4 is 22.9 Å². The standard InChI is InChI=1S/C12H26O12S6.2CH5N3/c13-27(14,15)11(28(16,17)18)7-3-1-5-9-25-26-10-6-2-4-8-12(29(19,20)21)30(22,23)24;2*2-1(3)4/h11-12H,1-10H2,(H,13,14,15)(H,16,17,18)(H,19,20,21)(H,22,23,24);2*(H5,2,3,4). The molecule has 0 unspecified atom stereocenters. The lowest BCUT2D eigenvalue weighted by Crippen LogP contribution is -2.29. The van der Waals surface area contributed by atoms with Gasteiger partial charge in [0.05, 0.1) is 0 Å². The van der Waals surface area contributed by atoms with Crippen LogP contribution in [-0.2, 0) is 40.5 Å². The summed E-state index contributed by atoms with van der Waals surface area (Å²) in [4.78, 5) is 0. The summed E-state index contributed by atoms with van der Waals surface area (Å²) in [5.74, 6) is 0.696. The van der Waals surface area contributed by atoms with E-state index in [4.69, 9.17) is 29.0 Å². The lowest BCUT2D eigenvalue weighted by atomic mass is 10.2. The molecule has 24 heteroatoms. The lowest BCUT2D eigenvalue weighted by Gasteiger charge is -2.10. The molecule has 0 spiro atoms. The van der Waals surface area contributed by atoms with E-state index < -0.39 is 62.5 Å². The van der Waals surface area contributed by atoms with Crippen molar-refractivity contribution >= 4 is 74.0 Å². The van der Waals surface area contributed by atoms with Crippen LogP contribution in [-0.4, -0.2) is 84.5 Å². The summed E-state index contributed by atoms with van der Waals surface area (Å²) in [6.45, 7) is 0. The van der Waals surface area contributed by atoms with Gasteiger partial charge in [-0.15, -0.1) is 0 Å². The van der Waals surface area contributed by atoms with E-state index >= 15 is 0 Å². The number of hydrogen-bond donors (Lipinski definition) is 10. The van der Waals surface area contributed by atoms with Crippen molar-refractivity contribution in [1.29, 1.82) is 10.8 Å². The molecule has 0 heterocycles. The number of nitrogens with one attached hydrogen (secondary N) is 2. The maximum Gasteiger partial charge on any atom is 0.284 e. The van der Waals surface area contributed by atoms with Crippen molar-refractivity contribution in [2.24, 2.45) is 22.9 Å². The van der Waals surface area contributed by atoms with Gasteiger partial charge in [0.25, 0.3) is 40.5 Å². The highest BCUT2D eigenvalue weighted by Crippen LogP contribution is 2.25. The second kappa shape index (κ2) is 19.9. The number of hydrogen-bond acceptors (Lipinski definition) is 12. The molecule has 38 heavy (non-hydrogen) atoms. The molecule has 0 aliphatic carbocycles. The predicted molar refractivity (Wildman–Crippen MR) is 148 cm³/mol. The van der Waals surface area contributed by atoms with E-state index in [1.807, 2.05) is 0 Å². The first-order valence-electron chi connectivity index (χ1n) is 10.2. The zero-order valence-electron chi connectivity index (χ0n) is 20.0. The average Bonchev–Trinajstić information content (AvgIpc) is 2.63. The van der Waals surface area contributed by atoms with Gasteiger partial charge in [-0.05, 0) is 25.7 Å². The minimum Gasteiger partial charge on any atom is -0.370 e. The van der Waals surface area contributed by atoms with Crippen LogP contribution in [0.4, 0.5) is 0 Å². The van der Waals surface area contributed by atoms with Crippen LogP contribution in [0.1, 0.15) is 51.4 Å². The van der Waals surface area contributed by atoms with Gasteiger partial charge < -0.3 is 22.9 Å². The molecule has 0 amide bonds. The van der Waals surface area contributed by atoms with Crippen LogP contribution in [0.3, 0.4) is 0 Å². The summed E-state index contributed by atoms with van der Waals surface area (Å²) in [7, 11) is -16.6. The molecule has 230 valence electrons. The van der Waals surface area contributed by atoms with Crippen molar-refractivity contribution in [2.45, 2.75) is 60.5 Å². The molecule has 0 saturated carbocycles. The van der Waals surface area contributed by atoms with Gasteiger partial charge in [-0.2, -0.15) is 33.7 Å². The molecular formula is C14H36N6O12S6. The summed E-state index contributed by atoms with van der Waals surface area (Å²) in [6.07, 6.45) is 1.80. The summed E-state index contributed by atoms with van der Waals surface area (Å²) < 4.78 is 118. The Balaban J connectivity index is -0.00000133. The normalized spacial score (nSPS) is 12.3. The van der Waals surface area contributed by atoms with Crippen LogP contribution in [0.15, 0.2) is 0 Å². The molecular weight excluding hydrogens is 637 g/mol. The molecule has 18 nitrogen and oxygen atoms in total. The Morgan fingerprint density at radius 1 is 0.526 bits per heavy atom. The van der Waals surface area contributed by atoms with E-state index in [9.17, 15) is 33.7 Å². The Morgan fingerprint density at radius 2 is 0.737 bits per heavy atom. The largest absolute Gasteiger partial charge is 0.370 e. The number of guanidine groups is 2. The van der Waals surface area contributed by atoms with Gasteiger partial charge >= 0.3 is 0 Å². The SMILES string of the molecule is N=C(N)N.N=C(N)N.O=S(=O)(O)C(CCCCCSSCCCCCC(S(=O)(=O)O)S(=O)(=O)O)S(=O)(=O)O. The molecule has 0 fully saturated rings. The van der Waals surface area contributed by atoms with Crippen molar-refractivity contribution in [3.63, 3.8) is 0 Å². The molecule has 0 aromatic heterocycles. The minimum absolute atomic E-state index is 0.179. The first-order valence-corrected chi connectivity index (χ1v) is 18.7. The number of rotatable bonds is 17. The highest BCUT2D eigenvalue weighted by atomic mass is 33.1. The van der Waals surface area contributed by atoms with Gasteiger partial charge in [-0.25, -0.2) is 0 Å². The van der Waals surface area contributed by atoms with E-state index in [1.54, 1.807) is 0 Å². The Kier molecular flexibility index (Phi) is 21.6. The quantitative estimate of drug-likeness (QED) is 0.0302. The van der Waals surface area contributed by atoms with Gasteiger partial charge in [-0.1, -0.05) is 47.3 Å². The van der Waals surface area contributed by atoms with Gasteiger partial charge in [0.1, 0.15) is 0 Å². The van der Waals surface area contributed by atoms with Crippen molar-refractivity contribution in [3.05, 3.63) is 0 Å². The molecule has 0 rings (SSSR count). The molecule has 0 radical (unpaired) electrons. The summed E-state index contributed by atoms with van der Waals surface area (Å²) >= 11 is 0. The number of nitrogens with two attached hydrogens (primary N) is 4. The van der Waals surface area contributed by atoms with Gasteiger partial charge in [0.15, 0.2) is 11.9 Å². The number of unbranched alkanes of at least 4 members (excludes halogenated alkanes) is 4. The molecule has 0 bridgehead atoms. The highest BCUT2D eigenvalue weighted by molar-refractivity contribution is 8.76. The van der Waals surface area contributed by atoms with E-state index in [0.717, 1.165) is 0 Å². The van der Waals surface area contributed by atoms with Crippen molar-refractivity contribution < 1.29 is 51.9 Å². The molecule has 14 N–H and O–H groups in total. The molecule has 0 saturated heterocycles. The summed E-state index contributed by atoms with van der Waals surface area (Å²) in [5.41, 5.74) is 17.9. The van der Waals surface area contributed by atoms with Gasteiger partial charge in [0, 0.05) is 11.5 Å². The van der Waals surface area contributed by atoms with E-state index in [0.29, 0.717) is 37.2 Å². The van der Waals surface area contributed by atoms with Crippen LogP contribution in [0, 0.1) is 10.8 Å². The average molecular weight is 673 g/mol. The van der Waals surface area contributed by atoms with Crippen molar-refractivity contribution in [1.82, 2.24) is 0 Å². The first kappa shape index (κ1) is 41.4. The second-order valence-corrected chi connectivity index (χ2v) is 16.9. The zero-order chi connectivity index (χ0) is 30.8. The van der Waals surface area contributed by atoms with Gasteiger partial charge in [-0.3, -0.25) is 29.0 Å². The van der Waals surface area contributed by atoms with E-state index in [1.165, 1.54) is 21.6 Å². The molecule has 0 aliphatic heterocycles. The third kappa shape index (κ3) is 27.9. The fourth-order valence-electron chi connectivity index (χ4n) is 2.32. The summed E-state index contributed by atoms with van der Waals surface area (Å²) in [5, 5.41) is 12.1. The predicted octanol–water partition coefficient (Wildman–Crippen LogP) is -0.631. The van der Waals surface area contributed by atoms with Gasteiger partial charge in [0.2, 0.25) is 9.16 Å². The highest BCUT2D eigenvalue weighted by Gasteiger charge is 2.35. The first-order chi connectivity index (χ1) is 16.9. The Morgan fingerprint density at radius 3 is 0.921 bits per heavy atom. The van der Waals surface area contributed by atoms with E-state index in [-0.39, 0.29) is 24.8 Å². The topological polar surface area (TPSA) is 369 Å². The molecule has 0 aromatic carbocycles. The maximum absolute atomic E-state index is 11.0.